The molecule has 180 valence electrons. The van der Waals surface area contributed by atoms with Gasteiger partial charge in [0.15, 0.2) is 5.78 Å². The number of allylic oxidation sites excluding steroid dienone is 1. The molecule has 0 spiro atoms. The molecule has 36 heavy (non-hydrogen) atoms. The number of halogens is 2. The van der Waals surface area contributed by atoms with Crippen molar-refractivity contribution in [1.29, 1.82) is 0 Å². The summed E-state index contributed by atoms with van der Waals surface area (Å²) in [5.74, 6) is 0.831. The van der Waals surface area contributed by atoms with Gasteiger partial charge in [-0.15, -0.1) is 0 Å². The molecule has 1 atom stereocenters. The second-order valence-electron chi connectivity index (χ2n) is 9.92. The molecule has 0 amide bonds. The monoisotopic (exact) mass is 495 g/mol. The summed E-state index contributed by atoms with van der Waals surface area (Å²) in [5.41, 5.74) is 9.03. The number of hydrogen-bond donors (Lipinski definition) is 1. The van der Waals surface area contributed by atoms with Gasteiger partial charge in [0.25, 0.3) is 0 Å². The Morgan fingerprint density at radius 1 is 0.861 bits per heavy atom. The van der Waals surface area contributed by atoms with Gasteiger partial charge in [0, 0.05) is 24.4 Å². The van der Waals surface area contributed by atoms with Crippen molar-refractivity contribution in [3.63, 3.8) is 0 Å². The van der Waals surface area contributed by atoms with Crippen LogP contribution in [0.4, 0.5) is 4.39 Å². The van der Waals surface area contributed by atoms with Crippen LogP contribution in [0.2, 0.25) is 5.02 Å². The minimum absolute atomic E-state index is 0.171. The first kappa shape index (κ1) is 23.0. The summed E-state index contributed by atoms with van der Waals surface area (Å²) >= 11 is 6.13. The smallest absolute Gasteiger partial charge is 0.167 e. The lowest BCUT2D eigenvalue weighted by Gasteiger charge is -2.39. The van der Waals surface area contributed by atoms with E-state index in [1.807, 2.05) is 48.8 Å². The van der Waals surface area contributed by atoms with Crippen molar-refractivity contribution in [3.05, 3.63) is 118 Å². The number of aromatic amines is 1. The molecule has 1 unspecified atom stereocenters. The predicted molar refractivity (Wildman–Crippen MR) is 145 cm³/mol. The Morgan fingerprint density at radius 2 is 1.64 bits per heavy atom. The fourth-order valence-electron chi connectivity index (χ4n) is 5.88. The van der Waals surface area contributed by atoms with E-state index in [4.69, 9.17) is 11.6 Å². The molecule has 2 nitrogen and oxygen atoms in total. The minimum Gasteiger partial charge on any atom is -0.368 e. The van der Waals surface area contributed by atoms with E-state index < -0.39 is 0 Å². The molecule has 4 heteroatoms. The summed E-state index contributed by atoms with van der Waals surface area (Å²) in [7, 11) is 0. The van der Waals surface area contributed by atoms with Gasteiger partial charge in [-0.2, -0.15) is 0 Å². The van der Waals surface area contributed by atoms with Gasteiger partial charge in [0.2, 0.25) is 0 Å². The molecule has 1 fully saturated rings. The van der Waals surface area contributed by atoms with E-state index in [2.05, 4.69) is 29.3 Å². The zero-order chi connectivity index (χ0) is 24.6. The van der Waals surface area contributed by atoms with E-state index in [0.717, 1.165) is 23.1 Å². The van der Waals surface area contributed by atoms with Crippen molar-refractivity contribution in [2.75, 3.05) is 0 Å². The quantitative estimate of drug-likeness (QED) is 0.297. The highest BCUT2D eigenvalue weighted by Gasteiger charge is 2.35. The molecule has 3 aliphatic carbocycles. The van der Waals surface area contributed by atoms with Crippen LogP contribution < -0.4 is 0 Å². The number of nitrogens with one attached hydrogen (secondary N) is 1. The zero-order valence-corrected chi connectivity index (χ0v) is 20.7. The molecule has 0 radical (unpaired) electrons. The number of ketones is 1. The molecule has 0 saturated heterocycles. The van der Waals surface area contributed by atoms with Crippen molar-refractivity contribution in [1.82, 2.24) is 4.98 Å². The van der Waals surface area contributed by atoms with Crippen LogP contribution in [0, 0.1) is 17.7 Å². The maximum Gasteiger partial charge on any atom is 0.167 e. The van der Waals surface area contributed by atoms with Crippen LogP contribution in [0.15, 0.2) is 79.1 Å². The summed E-state index contributed by atoms with van der Waals surface area (Å²) in [6.07, 6.45) is 11.1. The maximum absolute atomic E-state index is 13.8. The predicted octanol–water partition coefficient (Wildman–Crippen LogP) is 8.41. The number of hydrogen-bond acceptors (Lipinski definition) is 1. The third-order valence-corrected chi connectivity index (χ3v) is 8.21. The highest BCUT2D eigenvalue weighted by molar-refractivity contribution is 6.31. The summed E-state index contributed by atoms with van der Waals surface area (Å²) in [5, 5.41) is 0.171. The number of carbonyl (C=O) groups excluding carboxylic acids is 1. The fourth-order valence-corrected chi connectivity index (χ4v) is 6.06. The lowest BCUT2D eigenvalue weighted by Crippen LogP contribution is -2.28. The van der Waals surface area contributed by atoms with Crippen LogP contribution in [0.3, 0.4) is 0 Å². The number of fused-ring (bicyclic) bond motifs is 5. The Bertz CT molecular complexity index is 1450. The average Bonchev–Trinajstić information content (AvgIpc) is 3.45. The van der Waals surface area contributed by atoms with Crippen LogP contribution in [0.5, 0.6) is 0 Å². The molecule has 1 heterocycles. The van der Waals surface area contributed by atoms with Gasteiger partial charge in [-0.25, -0.2) is 4.39 Å². The Morgan fingerprint density at radius 3 is 2.31 bits per heavy atom. The molecule has 3 aliphatic rings. The van der Waals surface area contributed by atoms with Crippen molar-refractivity contribution >= 4 is 29.0 Å². The largest absolute Gasteiger partial charge is 0.368 e. The van der Waals surface area contributed by atoms with Crippen molar-refractivity contribution in [3.8, 4) is 11.1 Å². The number of aromatic nitrogens is 1. The van der Waals surface area contributed by atoms with Crippen molar-refractivity contribution in [2.45, 2.75) is 32.1 Å². The summed E-state index contributed by atoms with van der Waals surface area (Å²) in [4.78, 5) is 15.8. The van der Waals surface area contributed by atoms with Gasteiger partial charge in [0.1, 0.15) is 5.82 Å². The third-order valence-electron chi connectivity index (χ3n) is 7.92. The lowest BCUT2D eigenvalue weighted by atomic mass is 9.65. The van der Waals surface area contributed by atoms with E-state index in [1.165, 1.54) is 53.2 Å². The van der Waals surface area contributed by atoms with Crippen LogP contribution in [0.1, 0.15) is 51.9 Å². The van der Waals surface area contributed by atoms with Crippen molar-refractivity contribution in [2.24, 2.45) is 11.8 Å². The molecule has 0 aliphatic heterocycles. The molecular formula is C32H27ClFNO. The Balaban J connectivity index is 0.000000431. The van der Waals surface area contributed by atoms with E-state index in [9.17, 15) is 9.18 Å². The second kappa shape index (κ2) is 9.55. The second-order valence-corrected chi connectivity index (χ2v) is 10.3. The fraction of sp³-hybridized carbons (Fsp3) is 0.219. The molecule has 1 N–H and O–H groups in total. The Labute approximate surface area is 215 Å². The van der Waals surface area contributed by atoms with E-state index in [1.54, 1.807) is 6.07 Å². The summed E-state index contributed by atoms with van der Waals surface area (Å²) in [6.45, 7) is 0. The number of benzene rings is 3. The Kier molecular flexibility index (Phi) is 6.10. The number of H-pyrrole nitrogens is 1. The third kappa shape index (κ3) is 4.12. The standard InChI is InChI=1S/C28H22ClFO.C4H5N/c29-26-13-18(9-11-27(26)30)22-12-17-8-10-20-19-6-1-2-7-21(19)28(31)15-25(20)24(17)14-23(22)16-4-3-5-16;1-2-4-5-3-1/h1-2,6-13,16,23H,3-5,14-15H2;1-5H. The maximum atomic E-state index is 13.8. The van der Waals surface area contributed by atoms with E-state index in [-0.39, 0.29) is 16.6 Å². The van der Waals surface area contributed by atoms with Crippen LogP contribution >= 0.6 is 11.6 Å². The highest BCUT2D eigenvalue weighted by Crippen LogP contribution is 2.48. The first-order chi connectivity index (χ1) is 17.6. The molecule has 3 aromatic carbocycles. The van der Waals surface area contributed by atoms with E-state index in [0.29, 0.717) is 18.3 Å². The molecule has 7 rings (SSSR count). The first-order valence-electron chi connectivity index (χ1n) is 12.6. The van der Waals surface area contributed by atoms with Crippen LogP contribution in [0.25, 0.3) is 22.8 Å². The average molecular weight is 496 g/mol. The number of Topliss-reactive ketones (excluding diaryl/α,β-unsaturated/α-hetero) is 1. The molecule has 0 bridgehead atoms. The molecule has 1 saturated carbocycles. The lowest BCUT2D eigenvalue weighted by molar-refractivity contribution is 0.0991. The van der Waals surface area contributed by atoms with Gasteiger partial charge < -0.3 is 4.98 Å². The van der Waals surface area contributed by atoms with Gasteiger partial charge in [-0.1, -0.05) is 66.6 Å². The van der Waals surface area contributed by atoms with Gasteiger partial charge in [-0.05, 0) is 94.3 Å². The normalized spacial score (nSPS) is 18.1. The molecule has 1 aromatic heterocycles. The van der Waals surface area contributed by atoms with Gasteiger partial charge >= 0.3 is 0 Å². The minimum atomic E-state index is -0.381. The first-order valence-corrected chi connectivity index (χ1v) is 13.0. The number of rotatable bonds is 2. The number of carbonyl (C=O) groups is 1. The SMILES string of the molecule is O=C1Cc2c(ccc3c2CC(C2CCC2)C(c2ccc(F)c(Cl)c2)=C3)-c2ccccc21.c1cc[nH]c1. The topological polar surface area (TPSA) is 32.9 Å². The van der Waals surface area contributed by atoms with Gasteiger partial charge in [0.05, 0.1) is 5.02 Å². The van der Waals surface area contributed by atoms with Gasteiger partial charge in [-0.3, -0.25) is 4.79 Å². The van der Waals surface area contributed by atoms with Crippen molar-refractivity contribution < 1.29 is 9.18 Å². The van der Waals surface area contributed by atoms with E-state index >= 15 is 0 Å². The summed E-state index contributed by atoms with van der Waals surface area (Å²) < 4.78 is 13.8. The Hall–Kier alpha value is -3.43. The molecular weight excluding hydrogens is 469 g/mol. The highest BCUT2D eigenvalue weighted by atomic mass is 35.5. The molecule has 4 aromatic rings. The summed E-state index contributed by atoms with van der Waals surface area (Å²) in [6, 6.07) is 21.3. The zero-order valence-electron chi connectivity index (χ0n) is 19.9. The van der Waals surface area contributed by atoms with Crippen LogP contribution in [-0.2, 0) is 12.8 Å². The van der Waals surface area contributed by atoms with Crippen LogP contribution in [-0.4, -0.2) is 10.8 Å².